The van der Waals surface area contributed by atoms with Gasteiger partial charge in [-0.15, -0.1) is 0 Å². The molecule has 96 valence electrons. The Balaban J connectivity index is 2.03. The molecule has 2 aliphatic rings. The first-order valence-corrected chi connectivity index (χ1v) is 7.86. The highest BCUT2D eigenvalue weighted by Gasteiger charge is 2.42. The summed E-state index contributed by atoms with van der Waals surface area (Å²) >= 11 is 5.88. The first-order chi connectivity index (χ1) is 8.59. The number of benzene rings is 1. The van der Waals surface area contributed by atoms with Crippen LogP contribution in [0, 0.1) is 0 Å². The standard InChI is InChI=1S/C13H14ClNO2S/c14-10-3-1-6-13(9-10)18(16,17)15-11-4-2-5-12(15)8-7-11/h1-4,6,9,11-12H,5,7-8H2. The molecule has 3 rings (SSSR count). The zero-order chi connectivity index (χ0) is 12.8. The van der Waals surface area contributed by atoms with Crippen LogP contribution in [0.3, 0.4) is 0 Å². The lowest BCUT2D eigenvalue weighted by atomic mass is 10.2. The van der Waals surface area contributed by atoms with Gasteiger partial charge in [-0.25, -0.2) is 8.42 Å². The van der Waals surface area contributed by atoms with Crippen molar-refractivity contribution in [2.75, 3.05) is 0 Å². The zero-order valence-corrected chi connectivity index (χ0v) is 11.4. The highest BCUT2D eigenvalue weighted by Crippen LogP contribution is 2.36. The number of hydrogen-bond acceptors (Lipinski definition) is 2. The lowest BCUT2D eigenvalue weighted by Gasteiger charge is -2.30. The Hall–Kier alpha value is -0.840. The highest BCUT2D eigenvalue weighted by atomic mass is 35.5. The molecule has 0 amide bonds. The van der Waals surface area contributed by atoms with Crippen LogP contribution >= 0.6 is 11.6 Å². The minimum absolute atomic E-state index is 0.0210. The number of rotatable bonds is 2. The first kappa shape index (κ1) is 12.2. The van der Waals surface area contributed by atoms with Crippen molar-refractivity contribution in [2.45, 2.75) is 36.2 Å². The van der Waals surface area contributed by atoms with E-state index in [0.29, 0.717) is 9.92 Å². The van der Waals surface area contributed by atoms with Crippen molar-refractivity contribution >= 4 is 21.6 Å². The lowest BCUT2D eigenvalue weighted by molar-refractivity contribution is 0.341. The van der Waals surface area contributed by atoms with E-state index in [4.69, 9.17) is 11.6 Å². The third-order valence-corrected chi connectivity index (χ3v) is 5.83. The molecule has 5 heteroatoms. The number of hydrogen-bond donors (Lipinski definition) is 0. The quantitative estimate of drug-likeness (QED) is 0.783. The molecule has 2 aliphatic heterocycles. The lowest BCUT2D eigenvalue weighted by Crippen LogP contribution is -2.41. The predicted octanol–water partition coefficient (Wildman–Crippen LogP) is 2.82. The number of halogens is 1. The summed E-state index contributed by atoms with van der Waals surface area (Å²) in [5.74, 6) is 0. The Bertz CT molecular complexity index is 597. The molecule has 0 spiro atoms. The number of nitrogens with zero attached hydrogens (tertiary/aromatic N) is 1. The van der Waals surface area contributed by atoms with E-state index < -0.39 is 10.0 Å². The fourth-order valence-electron chi connectivity index (χ4n) is 2.81. The van der Waals surface area contributed by atoms with E-state index >= 15 is 0 Å². The third kappa shape index (κ3) is 1.88. The highest BCUT2D eigenvalue weighted by molar-refractivity contribution is 7.89. The van der Waals surface area contributed by atoms with E-state index in [2.05, 4.69) is 6.08 Å². The smallest absolute Gasteiger partial charge is 0.207 e. The Kier molecular flexibility index (Phi) is 2.96. The third-order valence-electron chi connectivity index (χ3n) is 3.62. The second-order valence-electron chi connectivity index (χ2n) is 4.75. The van der Waals surface area contributed by atoms with Crippen molar-refractivity contribution in [3.63, 3.8) is 0 Å². The fraction of sp³-hybridized carbons (Fsp3) is 0.385. The fourth-order valence-corrected chi connectivity index (χ4v) is 4.95. The van der Waals surface area contributed by atoms with Gasteiger partial charge in [0, 0.05) is 17.1 Å². The minimum atomic E-state index is -3.42. The summed E-state index contributed by atoms with van der Waals surface area (Å²) in [5, 5.41) is 0.455. The van der Waals surface area contributed by atoms with Crippen molar-refractivity contribution in [1.82, 2.24) is 4.31 Å². The summed E-state index contributed by atoms with van der Waals surface area (Å²) in [7, 11) is -3.42. The molecule has 3 nitrogen and oxygen atoms in total. The molecule has 2 atom stereocenters. The average Bonchev–Trinajstić information content (AvgIpc) is 2.61. The summed E-state index contributed by atoms with van der Waals surface area (Å²) in [4.78, 5) is 0.294. The summed E-state index contributed by atoms with van der Waals surface area (Å²) in [6.07, 6.45) is 6.77. The van der Waals surface area contributed by atoms with E-state index in [0.717, 1.165) is 19.3 Å². The molecule has 0 N–H and O–H groups in total. The van der Waals surface area contributed by atoms with Crippen LogP contribution in [0.5, 0.6) is 0 Å². The van der Waals surface area contributed by atoms with E-state index in [1.165, 1.54) is 6.07 Å². The van der Waals surface area contributed by atoms with Gasteiger partial charge in [-0.2, -0.15) is 4.31 Å². The van der Waals surface area contributed by atoms with Gasteiger partial charge in [0.15, 0.2) is 0 Å². The summed E-state index contributed by atoms with van der Waals surface area (Å²) < 4.78 is 26.9. The van der Waals surface area contributed by atoms with Gasteiger partial charge in [0.1, 0.15) is 0 Å². The van der Waals surface area contributed by atoms with Gasteiger partial charge >= 0.3 is 0 Å². The van der Waals surface area contributed by atoms with E-state index in [1.807, 2.05) is 6.08 Å². The average molecular weight is 284 g/mol. The molecule has 0 aromatic heterocycles. The van der Waals surface area contributed by atoms with Gasteiger partial charge in [-0.05, 0) is 37.5 Å². The monoisotopic (exact) mass is 283 g/mol. The van der Waals surface area contributed by atoms with Crippen molar-refractivity contribution in [2.24, 2.45) is 0 Å². The van der Waals surface area contributed by atoms with E-state index in [-0.39, 0.29) is 12.1 Å². The summed E-state index contributed by atoms with van der Waals surface area (Å²) in [6.45, 7) is 0. The van der Waals surface area contributed by atoms with Gasteiger partial charge in [-0.3, -0.25) is 0 Å². The van der Waals surface area contributed by atoms with E-state index in [1.54, 1.807) is 22.5 Å². The van der Waals surface area contributed by atoms with Crippen molar-refractivity contribution < 1.29 is 8.42 Å². The van der Waals surface area contributed by atoms with Crippen molar-refractivity contribution in [3.05, 3.63) is 41.4 Å². The second kappa shape index (κ2) is 4.37. The molecule has 0 radical (unpaired) electrons. The molecule has 0 saturated carbocycles. The molecule has 2 unspecified atom stereocenters. The minimum Gasteiger partial charge on any atom is -0.207 e. The van der Waals surface area contributed by atoms with Crippen molar-refractivity contribution in [1.29, 1.82) is 0 Å². The number of sulfonamides is 1. The second-order valence-corrected chi connectivity index (χ2v) is 7.03. The van der Waals surface area contributed by atoms with Crippen LogP contribution in [0.1, 0.15) is 19.3 Å². The maximum absolute atomic E-state index is 12.6. The molecule has 0 aliphatic carbocycles. The van der Waals surface area contributed by atoms with Crippen LogP contribution in [-0.4, -0.2) is 24.8 Å². The van der Waals surface area contributed by atoms with Gasteiger partial charge in [0.05, 0.1) is 4.90 Å². The van der Waals surface area contributed by atoms with Crippen molar-refractivity contribution in [3.8, 4) is 0 Å². The molecule has 1 aromatic rings. The summed E-state index contributed by atoms with van der Waals surface area (Å²) in [5.41, 5.74) is 0. The van der Waals surface area contributed by atoms with Crippen LogP contribution < -0.4 is 0 Å². The molecule has 1 fully saturated rings. The van der Waals surface area contributed by atoms with Crippen LogP contribution in [0.2, 0.25) is 5.02 Å². The van der Waals surface area contributed by atoms with Gasteiger partial charge in [-0.1, -0.05) is 29.8 Å². The Morgan fingerprint density at radius 3 is 2.83 bits per heavy atom. The van der Waals surface area contributed by atoms with Crippen LogP contribution in [0.15, 0.2) is 41.3 Å². The normalized spacial score (nSPS) is 27.6. The molecule has 2 heterocycles. The predicted molar refractivity (Wildman–Crippen MR) is 71.0 cm³/mol. The van der Waals surface area contributed by atoms with E-state index in [9.17, 15) is 8.42 Å². The molecular weight excluding hydrogens is 270 g/mol. The molecule has 2 bridgehead atoms. The number of fused-ring (bicyclic) bond motifs is 2. The first-order valence-electron chi connectivity index (χ1n) is 6.05. The molecule has 1 saturated heterocycles. The van der Waals surface area contributed by atoms with Crippen LogP contribution in [0.25, 0.3) is 0 Å². The largest absolute Gasteiger partial charge is 0.243 e. The van der Waals surface area contributed by atoms with Gasteiger partial charge in [0.25, 0.3) is 0 Å². The summed E-state index contributed by atoms with van der Waals surface area (Å²) in [6, 6.07) is 6.63. The zero-order valence-electron chi connectivity index (χ0n) is 9.79. The van der Waals surface area contributed by atoms with Gasteiger partial charge < -0.3 is 0 Å². The van der Waals surface area contributed by atoms with Crippen LogP contribution in [-0.2, 0) is 10.0 Å². The maximum atomic E-state index is 12.6. The Labute approximate surface area is 112 Å². The van der Waals surface area contributed by atoms with Crippen LogP contribution in [0.4, 0.5) is 0 Å². The molecular formula is C13H14ClNO2S. The SMILES string of the molecule is O=S(=O)(c1cccc(Cl)c1)N1C2C=CCC1CC2. The maximum Gasteiger partial charge on any atom is 0.243 e. The molecule has 18 heavy (non-hydrogen) atoms. The Morgan fingerprint density at radius 2 is 2.11 bits per heavy atom. The van der Waals surface area contributed by atoms with Gasteiger partial charge in [0.2, 0.25) is 10.0 Å². The topological polar surface area (TPSA) is 37.4 Å². The Morgan fingerprint density at radius 1 is 1.28 bits per heavy atom. The molecule has 1 aromatic carbocycles.